The number of ether oxygens (including phenoxy) is 2. The van der Waals surface area contributed by atoms with Crippen molar-refractivity contribution in [3.05, 3.63) is 47.8 Å². The average Bonchev–Trinajstić information content (AvgIpc) is 2.46. The smallest absolute Gasteiger partial charge is 0.168 e. The van der Waals surface area contributed by atoms with Crippen molar-refractivity contribution in [3.8, 4) is 22.6 Å². The van der Waals surface area contributed by atoms with Crippen molar-refractivity contribution in [3.63, 3.8) is 0 Å². The molecule has 20 heavy (non-hydrogen) atoms. The van der Waals surface area contributed by atoms with E-state index in [1.165, 1.54) is 13.2 Å². The number of rotatable bonds is 4. The van der Waals surface area contributed by atoms with Gasteiger partial charge in [0.05, 0.1) is 14.2 Å². The van der Waals surface area contributed by atoms with E-state index < -0.39 is 0 Å². The van der Waals surface area contributed by atoms with Crippen LogP contribution >= 0.6 is 0 Å². The van der Waals surface area contributed by atoms with Gasteiger partial charge in [0, 0.05) is 17.2 Å². The van der Waals surface area contributed by atoms with Crippen molar-refractivity contribution in [2.45, 2.75) is 13.0 Å². The minimum absolute atomic E-state index is 0.180. The predicted octanol–water partition coefficient (Wildman–Crippen LogP) is 3.53. The molecule has 106 valence electrons. The van der Waals surface area contributed by atoms with E-state index in [4.69, 9.17) is 15.2 Å². The van der Waals surface area contributed by atoms with Gasteiger partial charge in [0.25, 0.3) is 0 Å². The first-order valence-electron chi connectivity index (χ1n) is 6.35. The third-order valence-corrected chi connectivity index (χ3v) is 3.19. The van der Waals surface area contributed by atoms with Crippen LogP contribution in [0.5, 0.6) is 11.5 Å². The molecule has 0 saturated heterocycles. The molecule has 0 amide bonds. The maximum Gasteiger partial charge on any atom is 0.168 e. The van der Waals surface area contributed by atoms with Crippen LogP contribution in [0.25, 0.3) is 11.1 Å². The first-order valence-corrected chi connectivity index (χ1v) is 6.35. The van der Waals surface area contributed by atoms with Crippen LogP contribution in [0.2, 0.25) is 0 Å². The van der Waals surface area contributed by atoms with Crippen molar-refractivity contribution in [1.29, 1.82) is 0 Å². The predicted molar refractivity (Wildman–Crippen MR) is 77.5 cm³/mol. The summed E-state index contributed by atoms with van der Waals surface area (Å²) in [5, 5.41) is 0. The molecule has 0 spiro atoms. The molecule has 0 bridgehead atoms. The van der Waals surface area contributed by atoms with E-state index >= 15 is 0 Å². The molecule has 0 saturated carbocycles. The third-order valence-electron chi connectivity index (χ3n) is 3.19. The molecule has 4 heteroatoms. The first kappa shape index (κ1) is 14.3. The largest absolute Gasteiger partial charge is 0.493 e. The second-order valence-electron chi connectivity index (χ2n) is 4.57. The molecule has 2 aromatic rings. The number of hydrogen-bond acceptors (Lipinski definition) is 3. The SMILES string of the molecule is COc1cc(C(C)N)cc(-c2ccccc2F)c1OC. The van der Waals surface area contributed by atoms with Crippen molar-refractivity contribution in [2.24, 2.45) is 5.73 Å². The topological polar surface area (TPSA) is 44.5 Å². The second kappa shape index (κ2) is 5.92. The molecule has 0 aliphatic rings. The fraction of sp³-hybridized carbons (Fsp3) is 0.250. The standard InChI is InChI=1S/C16H18FNO2/c1-10(18)11-8-13(12-6-4-5-7-14(12)17)16(20-3)15(9-11)19-2/h4-10H,18H2,1-3H3. The normalized spacial score (nSPS) is 12.1. The maximum absolute atomic E-state index is 14.0. The van der Waals surface area contributed by atoms with Crippen LogP contribution in [0.4, 0.5) is 4.39 Å². The van der Waals surface area contributed by atoms with Gasteiger partial charge < -0.3 is 15.2 Å². The summed E-state index contributed by atoms with van der Waals surface area (Å²) in [6, 6.07) is 10.0. The Morgan fingerprint density at radius 1 is 1.05 bits per heavy atom. The Morgan fingerprint density at radius 3 is 2.30 bits per heavy atom. The van der Waals surface area contributed by atoms with Crippen LogP contribution in [0.1, 0.15) is 18.5 Å². The fourth-order valence-corrected chi connectivity index (χ4v) is 2.13. The number of hydrogen-bond donors (Lipinski definition) is 1. The maximum atomic E-state index is 14.0. The van der Waals surface area contributed by atoms with Crippen molar-refractivity contribution < 1.29 is 13.9 Å². The number of benzene rings is 2. The molecule has 0 heterocycles. The van der Waals surface area contributed by atoms with Gasteiger partial charge in [-0.25, -0.2) is 4.39 Å². The lowest BCUT2D eigenvalue weighted by Crippen LogP contribution is -2.06. The Morgan fingerprint density at radius 2 is 1.75 bits per heavy atom. The molecule has 0 radical (unpaired) electrons. The van der Waals surface area contributed by atoms with E-state index in [1.54, 1.807) is 25.3 Å². The summed E-state index contributed by atoms with van der Waals surface area (Å²) in [4.78, 5) is 0. The highest BCUT2D eigenvalue weighted by molar-refractivity contribution is 5.75. The molecule has 1 atom stereocenters. The molecule has 1 unspecified atom stereocenters. The van der Waals surface area contributed by atoms with E-state index in [9.17, 15) is 4.39 Å². The summed E-state index contributed by atoms with van der Waals surface area (Å²) in [6.07, 6.45) is 0. The molecule has 0 fully saturated rings. The summed E-state index contributed by atoms with van der Waals surface area (Å²) in [7, 11) is 3.09. The van der Waals surface area contributed by atoms with Crippen LogP contribution in [0.15, 0.2) is 36.4 Å². The van der Waals surface area contributed by atoms with Crippen molar-refractivity contribution in [2.75, 3.05) is 14.2 Å². The number of methoxy groups -OCH3 is 2. The summed E-state index contributed by atoms with van der Waals surface area (Å²) in [5.74, 6) is 0.734. The first-order chi connectivity index (χ1) is 9.58. The Bertz CT molecular complexity index is 611. The van der Waals surface area contributed by atoms with Gasteiger partial charge >= 0.3 is 0 Å². The Hall–Kier alpha value is -2.07. The van der Waals surface area contributed by atoms with Gasteiger partial charge in [-0.05, 0) is 30.7 Å². The lowest BCUT2D eigenvalue weighted by molar-refractivity contribution is 0.355. The molecular formula is C16H18FNO2. The van der Waals surface area contributed by atoms with E-state index in [2.05, 4.69) is 0 Å². The van der Waals surface area contributed by atoms with E-state index in [1.807, 2.05) is 19.1 Å². The lowest BCUT2D eigenvalue weighted by atomic mass is 9.98. The van der Waals surface area contributed by atoms with E-state index in [-0.39, 0.29) is 11.9 Å². The molecule has 0 aliphatic carbocycles. The molecule has 2 N–H and O–H groups in total. The van der Waals surface area contributed by atoms with Crippen LogP contribution in [-0.4, -0.2) is 14.2 Å². The van der Waals surface area contributed by atoms with E-state index in [0.29, 0.717) is 22.6 Å². The highest BCUT2D eigenvalue weighted by atomic mass is 19.1. The summed E-state index contributed by atoms with van der Waals surface area (Å²) in [5.41, 5.74) is 7.89. The minimum Gasteiger partial charge on any atom is -0.493 e. The number of nitrogens with two attached hydrogens (primary N) is 1. The zero-order valence-electron chi connectivity index (χ0n) is 11.8. The van der Waals surface area contributed by atoms with Crippen LogP contribution in [0.3, 0.4) is 0 Å². The van der Waals surface area contributed by atoms with Gasteiger partial charge in [-0.3, -0.25) is 0 Å². The molecule has 2 aromatic carbocycles. The van der Waals surface area contributed by atoms with Gasteiger partial charge in [-0.2, -0.15) is 0 Å². The highest BCUT2D eigenvalue weighted by Crippen LogP contribution is 2.41. The van der Waals surface area contributed by atoms with Gasteiger partial charge in [-0.15, -0.1) is 0 Å². The molecule has 3 nitrogen and oxygen atoms in total. The van der Waals surface area contributed by atoms with Gasteiger partial charge in [0.1, 0.15) is 5.82 Å². The summed E-state index contributed by atoms with van der Waals surface area (Å²) in [6.45, 7) is 1.87. The fourth-order valence-electron chi connectivity index (χ4n) is 2.13. The van der Waals surface area contributed by atoms with Crippen molar-refractivity contribution in [1.82, 2.24) is 0 Å². The van der Waals surface area contributed by atoms with Crippen LogP contribution < -0.4 is 15.2 Å². The molecule has 2 rings (SSSR count). The minimum atomic E-state index is -0.310. The lowest BCUT2D eigenvalue weighted by Gasteiger charge is -2.17. The zero-order valence-corrected chi connectivity index (χ0v) is 11.8. The van der Waals surface area contributed by atoms with Gasteiger partial charge in [0.2, 0.25) is 0 Å². The monoisotopic (exact) mass is 275 g/mol. The molecule has 0 aromatic heterocycles. The molecular weight excluding hydrogens is 257 g/mol. The Labute approximate surface area is 118 Å². The van der Waals surface area contributed by atoms with Gasteiger partial charge in [0.15, 0.2) is 11.5 Å². The second-order valence-corrected chi connectivity index (χ2v) is 4.57. The molecule has 0 aliphatic heterocycles. The highest BCUT2D eigenvalue weighted by Gasteiger charge is 2.17. The number of halogens is 1. The summed E-state index contributed by atoms with van der Waals surface area (Å²) < 4.78 is 24.7. The van der Waals surface area contributed by atoms with E-state index in [0.717, 1.165) is 5.56 Å². The van der Waals surface area contributed by atoms with Gasteiger partial charge in [-0.1, -0.05) is 18.2 Å². The van der Waals surface area contributed by atoms with Crippen LogP contribution in [0, 0.1) is 5.82 Å². The van der Waals surface area contributed by atoms with Crippen molar-refractivity contribution >= 4 is 0 Å². The quantitative estimate of drug-likeness (QED) is 0.928. The summed E-state index contributed by atoms with van der Waals surface area (Å²) >= 11 is 0. The van der Waals surface area contributed by atoms with Crippen LogP contribution in [-0.2, 0) is 0 Å². The Balaban J connectivity index is 2.73. The zero-order chi connectivity index (χ0) is 14.7. The Kier molecular flexibility index (Phi) is 4.25. The average molecular weight is 275 g/mol. The third kappa shape index (κ3) is 2.60.